The maximum absolute atomic E-state index is 12.3. The van der Waals surface area contributed by atoms with Gasteiger partial charge in [-0.15, -0.1) is 0 Å². The van der Waals surface area contributed by atoms with Crippen LogP contribution in [0.2, 0.25) is 10.0 Å². The molecule has 29 heavy (non-hydrogen) atoms. The SMILES string of the molecule is CC(C#Cc1ccc(Cl)c(Cl)c1)NC(=O)N1CCN(C(=O)/C=C/C(F)(F)F)CC1. The molecular formula is C19H18Cl2F3N3O2. The second-order valence-electron chi connectivity index (χ2n) is 6.26. The standard InChI is InChI=1S/C19H18Cl2F3N3O2/c1-13(2-3-14-4-5-15(20)16(21)12-14)25-18(29)27-10-8-26(9-11-27)17(28)6-7-19(22,23)24/h4-7,12-13H,8-11H2,1H3,(H,25,29)/b7-6+. The minimum atomic E-state index is -4.54. The Morgan fingerprint density at radius 1 is 1.14 bits per heavy atom. The lowest BCUT2D eigenvalue weighted by Crippen LogP contribution is -2.54. The number of hydrogen-bond acceptors (Lipinski definition) is 2. The van der Waals surface area contributed by atoms with Gasteiger partial charge in [-0.05, 0) is 25.1 Å². The number of nitrogens with one attached hydrogen (secondary N) is 1. The zero-order valence-electron chi connectivity index (χ0n) is 15.4. The second kappa shape index (κ2) is 9.90. The summed E-state index contributed by atoms with van der Waals surface area (Å²) < 4.78 is 36.4. The molecule has 3 amide bonds. The van der Waals surface area contributed by atoms with Crippen LogP contribution in [0.1, 0.15) is 12.5 Å². The Kier molecular flexibility index (Phi) is 7.82. The predicted molar refractivity (Wildman–Crippen MR) is 105 cm³/mol. The third-order valence-corrected chi connectivity index (χ3v) is 4.73. The number of piperazine rings is 1. The van der Waals surface area contributed by atoms with Gasteiger partial charge in [0.25, 0.3) is 0 Å². The van der Waals surface area contributed by atoms with E-state index >= 15 is 0 Å². The summed E-state index contributed by atoms with van der Waals surface area (Å²) in [5.41, 5.74) is 0.652. The van der Waals surface area contributed by atoms with Gasteiger partial charge in [0, 0.05) is 43.9 Å². The molecule has 1 aromatic rings. The van der Waals surface area contributed by atoms with Crippen molar-refractivity contribution < 1.29 is 22.8 Å². The Balaban J connectivity index is 1.83. The molecular weight excluding hydrogens is 430 g/mol. The molecule has 1 saturated heterocycles. The Labute approximate surface area is 176 Å². The fraction of sp³-hybridized carbons (Fsp3) is 0.368. The predicted octanol–water partition coefficient (Wildman–Crippen LogP) is 3.71. The lowest BCUT2D eigenvalue weighted by molar-refractivity contribution is -0.128. The van der Waals surface area contributed by atoms with Crippen molar-refractivity contribution in [2.75, 3.05) is 26.2 Å². The van der Waals surface area contributed by atoms with Crippen molar-refractivity contribution in [1.82, 2.24) is 15.1 Å². The van der Waals surface area contributed by atoms with Crippen LogP contribution in [0.3, 0.4) is 0 Å². The van der Waals surface area contributed by atoms with Gasteiger partial charge >= 0.3 is 12.2 Å². The lowest BCUT2D eigenvalue weighted by Gasteiger charge is -2.34. The van der Waals surface area contributed by atoms with Crippen LogP contribution >= 0.6 is 23.2 Å². The summed E-state index contributed by atoms with van der Waals surface area (Å²) in [6, 6.07) is 4.14. The largest absolute Gasteiger partial charge is 0.409 e. The highest BCUT2D eigenvalue weighted by Gasteiger charge is 2.26. The molecule has 5 nitrogen and oxygen atoms in total. The molecule has 0 bridgehead atoms. The summed E-state index contributed by atoms with van der Waals surface area (Å²) in [5.74, 6) is 5.04. The molecule has 1 unspecified atom stereocenters. The number of alkyl halides is 3. The Bertz CT molecular complexity index is 854. The first-order valence-corrected chi connectivity index (χ1v) is 9.37. The third kappa shape index (κ3) is 7.52. The minimum absolute atomic E-state index is 0.0946. The van der Waals surface area contributed by atoms with Gasteiger partial charge in [0.05, 0.1) is 16.1 Å². The fourth-order valence-electron chi connectivity index (χ4n) is 2.48. The first kappa shape index (κ1) is 22.9. The van der Waals surface area contributed by atoms with Crippen molar-refractivity contribution in [3.05, 3.63) is 46.0 Å². The normalized spacial score (nSPS) is 15.7. The summed E-state index contributed by atoms with van der Waals surface area (Å²) in [5, 5.41) is 3.53. The molecule has 1 fully saturated rings. The van der Waals surface area contributed by atoms with Crippen LogP contribution in [0.5, 0.6) is 0 Å². The van der Waals surface area contributed by atoms with E-state index in [0.717, 1.165) is 0 Å². The molecule has 156 valence electrons. The molecule has 1 aliphatic heterocycles. The molecule has 2 rings (SSSR count). The maximum Gasteiger partial charge on any atom is 0.409 e. The average Bonchev–Trinajstić information content (AvgIpc) is 2.66. The molecule has 1 heterocycles. The Morgan fingerprint density at radius 3 is 2.34 bits per heavy atom. The number of amides is 3. The molecule has 1 N–H and O–H groups in total. The lowest BCUT2D eigenvalue weighted by atomic mass is 10.2. The van der Waals surface area contributed by atoms with Gasteiger partial charge in [-0.25, -0.2) is 4.79 Å². The van der Waals surface area contributed by atoms with Crippen LogP contribution < -0.4 is 5.32 Å². The summed E-state index contributed by atoms with van der Waals surface area (Å²) >= 11 is 11.8. The van der Waals surface area contributed by atoms with Crippen LogP contribution in [-0.2, 0) is 4.79 Å². The first-order chi connectivity index (χ1) is 13.5. The van der Waals surface area contributed by atoms with E-state index in [9.17, 15) is 22.8 Å². The van der Waals surface area contributed by atoms with Gasteiger partial charge in [0.15, 0.2) is 0 Å². The average molecular weight is 448 g/mol. The summed E-state index contributed by atoms with van der Waals surface area (Å²) in [7, 11) is 0. The number of hydrogen-bond donors (Lipinski definition) is 1. The highest BCUT2D eigenvalue weighted by Crippen LogP contribution is 2.22. The molecule has 10 heteroatoms. The van der Waals surface area contributed by atoms with E-state index in [1.54, 1.807) is 25.1 Å². The van der Waals surface area contributed by atoms with E-state index in [-0.39, 0.29) is 38.3 Å². The van der Waals surface area contributed by atoms with E-state index in [4.69, 9.17) is 23.2 Å². The monoisotopic (exact) mass is 447 g/mol. The molecule has 0 aliphatic carbocycles. The van der Waals surface area contributed by atoms with Crippen molar-refractivity contribution in [3.63, 3.8) is 0 Å². The number of urea groups is 1. The fourth-order valence-corrected chi connectivity index (χ4v) is 2.78. The van der Waals surface area contributed by atoms with E-state index in [1.807, 2.05) is 0 Å². The van der Waals surface area contributed by atoms with Gasteiger partial charge in [-0.1, -0.05) is 35.0 Å². The molecule has 1 aromatic carbocycles. The first-order valence-electron chi connectivity index (χ1n) is 8.62. The number of rotatable bonds is 2. The summed E-state index contributed by atoms with van der Waals surface area (Å²) in [4.78, 5) is 26.8. The highest BCUT2D eigenvalue weighted by atomic mass is 35.5. The van der Waals surface area contributed by atoms with Crippen LogP contribution in [0, 0.1) is 11.8 Å². The summed E-state index contributed by atoms with van der Waals surface area (Å²) in [6.45, 7) is 2.44. The molecule has 1 atom stereocenters. The van der Waals surface area contributed by atoms with Crippen molar-refractivity contribution >= 4 is 35.1 Å². The third-order valence-electron chi connectivity index (χ3n) is 3.99. The smallest absolute Gasteiger partial charge is 0.336 e. The van der Waals surface area contributed by atoms with Crippen LogP contribution in [-0.4, -0.2) is 60.1 Å². The zero-order chi connectivity index (χ0) is 21.6. The maximum atomic E-state index is 12.3. The van der Waals surface area contributed by atoms with Crippen LogP contribution in [0.15, 0.2) is 30.4 Å². The van der Waals surface area contributed by atoms with E-state index in [2.05, 4.69) is 17.2 Å². The van der Waals surface area contributed by atoms with E-state index < -0.39 is 18.1 Å². The molecule has 0 aromatic heterocycles. The zero-order valence-corrected chi connectivity index (χ0v) is 16.9. The molecule has 0 spiro atoms. The minimum Gasteiger partial charge on any atom is -0.336 e. The van der Waals surface area contributed by atoms with Gasteiger partial charge < -0.3 is 15.1 Å². The van der Waals surface area contributed by atoms with Crippen molar-refractivity contribution in [3.8, 4) is 11.8 Å². The summed E-state index contributed by atoms with van der Waals surface area (Å²) in [6.07, 6.45) is -4.13. The van der Waals surface area contributed by atoms with Gasteiger partial charge in [0.1, 0.15) is 0 Å². The molecule has 1 aliphatic rings. The highest BCUT2D eigenvalue weighted by molar-refractivity contribution is 6.42. The van der Waals surface area contributed by atoms with Gasteiger partial charge in [-0.3, -0.25) is 4.79 Å². The van der Waals surface area contributed by atoms with Gasteiger partial charge in [0.2, 0.25) is 5.91 Å². The molecule has 0 saturated carbocycles. The quantitative estimate of drug-likeness (QED) is 0.554. The number of carbonyl (C=O) groups is 2. The van der Waals surface area contributed by atoms with Crippen molar-refractivity contribution in [2.45, 2.75) is 19.1 Å². The topological polar surface area (TPSA) is 52.7 Å². The number of allylic oxidation sites excluding steroid dienone is 1. The van der Waals surface area contributed by atoms with Crippen molar-refractivity contribution in [1.29, 1.82) is 0 Å². The number of nitrogens with zero attached hydrogens (tertiary/aromatic N) is 2. The van der Waals surface area contributed by atoms with Crippen molar-refractivity contribution in [2.24, 2.45) is 0 Å². The van der Waals surface area contributed by atoms with E-state index in [0.29, 0.717) is 21.7 Å². The Hall–Kier alpha value is -2.37. The second-order valence-corrected chi connectivity index (χ2v) is 7.07. The van der Waals surface area contributed by atoms with Crippen LogP contribution in [0.25, 0.3) is 0 Å². The van der Waals surface area contributed by atoms with E-state index in [1.165, 1.54) is 9.80 Å². The number of benzene rings is 1. The van der Waals surface area contributed by atoms with Gasteiger partial charge in [-0.2, -0.15) is 13.2 Å². The van der Waals surface area contributed by atoms with Crippen LogP contribution in [0.4, 0.5) is 18.0 Å². The molecule has 0 radical (unpaired) electrons. The Morgan fingerprint density at radius 2 is 1.76 bits per heavy atom. The number of carbonyl (C=O) groups excluding carboxylic acids is 2. The number of halogens is 5.